The van der Waals surface area contributed by atoms with Gasteiger partial charge in [-0.1, -0.05) is 61.4 Å². The summed E-state index contributed by atoms with van der Waals surface area (Å²) in [5.74, 6) is -1.70. The predicted octanol–water partition coefficient (Wildman–Crippen LogP) is 5.50. The van der Waals surface area contributed by atoms with E-state index in [0.29, 0.717) is 25.1 Å². The van der Waals surface area contributed by atoms with Crippen LogP contribution in [-0.2, 0) is 19.7 Å². The fourth-order valence-electron chi connectivity index (χ4n) is 6.10. The van der Waals surface area contributed by atoms with E-state index in [1.54, 1.807) is 61.7 Å². The lowest BCUT2D eigenvalue weighted by atomic mass is 9.55. The summed E-state index contributed by atoms with van der Waals surface area (Å²) < 4.78 is 50.2. The van der Waals surface area contributed by atoms with Gasteiger partial charge in [-0.3, -0.25) is 9.69 Å². The van der Waals surface area contributed by atoms with Crippen LogP contribution in [-0.4, -0.2) is 54.2 Å². The fourth-order valence-corrected chi connectivity index (χ4v) is 6.10. The second kappa shape index (κ2) is 11.2. The van der Waals surface area contributed by atoms with Crippen LogP contribution in [0.2, 0.25) is 0 Å². The van der Waals surface area contributed by atoms with Gasteiger partial charge >= 0.3 is 6.36 Å². The number of benzene rings is 2. The van der Waals surface area contributed by atoms with Crippen LogP contribution in [0.3, 0.4) is 0 Å². The summed E-state index contributed by atoms with van der Waals surface area (Å²) in [6.07, 6.45) is 0.843. The highest BCUT2D eigenvalue weighted by Gasteiger charge is 2.59. The molecule has 2 N–H and O–H groups in total. The first-order valence-electron chi connectivity index (χ1n) is 12.6. The van der Waals surface area contributed by atoms with Crippen molar-refractivity contribution in [1.29, 1.82) is 0 Å². The molecule has 2 aromatic rings. The van der Waals surface area contributed by atoms with Crippen LogP contribution in [0, 0.1) is 0 Å². The van der Waals surface area contributed by atoms with Gasteiger partial charge in [-0.25, -0.2) is 0 Å². The van der Waals surface area contributed by atoms with Gasteiger partial charge in [0.25, 0.3) is 5.91 Å². The van der Waals surface area contributed by atoms with E-state index in [1.807, 2.05) is 11.0 Å². The van der Waals surface area contributed by atoms with Crippen molar-refractivity contribution in [2.45, 2.75) is 55.6 Å². The summed E-state index contributed by atoms with van der Waals surface area (Å²) >= 11 is 0. The number of phenolic OH excluding ortho intramolecular Hbond substituents is 1. The zero-order chi connectivity index (χ0) is 27.4. The number of amides is 1. The first kappa shape index (κ1) is 27.7. The number of aromatic hydroxyl groups is 1. The molecule has 1 aliphatic heterocycles. The maximum atomic E-state index is 13.3. The Kier molecular flexibility index (Phi) is 8.18. The number of methoxy groups -OCH3 is 1. The number of alkyl halides is 3. The van der Waals surface area contributed by atoms with Crippen molar-refractivity contribution >= 4 is 12.0 Å². The van der Waals surface area contributed by atoms with Crippen LogP contribution >= 0.6 is 0 Å². The average Bonchev–Trinajstić information content (AvgIpc) is 2.88. The molecule has 0 spiro atoms. The van der Waals surface area contributed by atoms with Crippen molar-refractivity contribution in [3.05, 3.63) is 84.1 Å². The van der Waals surface area contributed by atoms with Crippen LogP contribution in [0.25, 0.3) is 6.08 Å². The number of halogens is 3. The number of hydrogen-bond donors (Lipinski definition) is 2. The normalized spacial score (nSPS) is 26.3. The molecule has 0 aromatic heterocycles. The molecule has 1 amide bonds. The zero-order valence-corrected chi connectivity index (χ0v) is 21.3. The van der Waals surface area contributed by atoms with Crippen LogP contribution in [0.4, 0.5) is 13.2 Å². The Morgan fingerprint density at radius 2 is 1.92 bits per heavy atom. The SMILES string of the molecule is C=CCN1CC2(OC)CCCC[C@@]2(c2cccc(O)c2)C[C@H]1NC(=O)C(=Cc1ccccc1)OC(F)(F)F. The fraction of sp³-hybridized carbons (Fsp3) is 0.414. The first-order chi connectivity index (χ1) is 18.1. The highest BCUT2D eigenvalue weighted by atomic mass is 19.4. The maximum absolute atomic E-state index is 13.3. The smallest absolute Gasteiger partial charge is 0.508 e. The lowest BCUT2D eigenvalue weighted by Crippen LogP contribution is -2.70. The molecule has 1 unspecified atom stereocenters. The molecule has 204 valence electrons. The molecule has 1 aliphatic carbocycles. The van der Waals surface area contributed by atoms with E-state index in [9.17, 15) is 23.1 Å². The van der Waals surface area contributed by atoms with Crippen molar-refractivity contribution in [2.75, 3.05) is 20.2 Å². The number of carbonyl (C=O) groups excluding carboxylic acids is 1. The minimum atomic E-state index is -5.04. The van der Waals surface area contributed by atoms with Crippen molar-refractivity contribution in [2.24, 2.45) is 0 Å². The summed E-state index contributed by atoms with van der Waals surface area (Å²) in [6.45, 7) is 4.65. The standard InChI is InChI=1S/C29H33F3N2O4/c1-3-16-34-20-28(37-2)15-8-7-14-27(28,22-12-9-13-23(35)18-22)19-25(34)33-26(36)24(38-29(30,31)32)17-21-10-5-4-6-11-21/h3-6,9-13,17-18,25,35H,1,7-8,14-16,19-20H2,2H3,(H,33,36)/t25-,27-,28?/m0/s1. The molecule has 1 heterocycles. The Hall–Kier alpha value is -3.30. The molecule has 0 radical (unpaired) electrons. The van der Waals surface area contributed by atoms with Gasteiger partial charge in [0.1, 0.15) is 5.75 Å². The zero-order valence-electron chi connectivity index (χ0n) is 21.3. The number of fused-ring (bicyclic) bond motifs is 1. The summed E-state index contributed by atoms with van der Waals surface area (Å²) in [4.78, 5) is 15.3. The van der Waals surface area contributed by atoms with Gasteiger partial charge < -0.3 is 19.9 Å². The van der Waals surface area contributed by atoms with E-state index in [2.05, 4.69) is 16.6 Å². The third kappa shape index (κ3) is 5.73. The Bertz CT molecular complexity index is 1170. The van der Waals surface area contributed by atoms with E-state index in [0.717, 1.165) is 37.3 Å². The number of phenols is 1. The summed E-state index contributed by atoms with van der Waals surface area (Å²) in [5.41, 5.74) is 0.0790. The minimum absolute atomic E-state index is 0.119. The van der Waals surface area contributed by atoms with Crippen molar-refractivity contribution in [3.63, 3.8) is 0 Å². The molecule has 3 atom stereocenters. The molecule has 2 aromatic carbocycles. The van der Waals surface area contributed by atoms with Gasteiger partial charge in [0.15, 0.2) is 5.76 Å². The molecule has 1 saturated heterocycles. The highest BCUT2D eigenvalue weighted by molar-refractivity contribution is 5.96. The minimum Gasteiger partial charge on any atom is -0.508 e. The van der Waals surface area contributed by atoms with Crippen molar-refractivity contribution < 1.29 is 32.5 Å². The predicted molar refractivity (Wildman–Crippen MR) is 138 cm³/mol. The number of carbonyl (C=O) groups is 1. The number of likely N-dealkylation sites (tertiary alicyclic amines) is 1. The summed E-state index contributed by atoms with van der Waals surface area (Å²) in [7, 11) is 1.67. The molecule has 2 fully saturated rings. The van der Waals surface area contributed by atoms with Gasteiger partial charge in [0.05, 0.1) is 11.8 Å². The quantitative estimate of drug-likeness (QED) is 0.268. The number of piperidine rings is 1. The molecule has 2 aliphatic rings. The van der Waals surface area contributed by atoms with Gasteiger partial charge in [-0.2, -0.15) is 0 Å². The molecule has 38 heavy (non-hydrogen) atoms. The molecule has 6 nitrogen and oxygen atoms in total. The molecule has 9 heteroatoms. The summed E-state index contributed by atoms with van der Waals surface area (Å²) in [6, 6.07) is 15.2. The second-order valence-corrected chi connectivity index (χ2v) is 9.92. The first-order valence-corrected chi connectivity index (χ1v) is 12.6. The monoisotopic (exact) mass is 530 g/mol. The third-order valence-electron chi connectivity index (χ3n) is 7.74. The van der Waals surface area contributed by atoms with E-state index < -0.39 is 35.2 Å². The van der Waals surface area contributed by atoms with Gasteiger partial charge in [-0.15, -0.1) is 19.8 Å². The Morgan fingerprint density at radius 3 is 2.58 bits per heavy atom. The van der Waals surface area contributed by atoms with Crippen molar-refractivity contribution in [1.82, 2.24) is 10.2 Å². The van der Waals surface area contributed by atoms with Gasteiger partial charge in [-0.05, 0) is 48.6 Å². The number of rotatable bonds is 8. The van der Waals surface area contributed by atoms with E-state index in [4.69, 9.17) is 4.74 Å². The van der Waals surface area contributed by atoms with Crippen LogP contribution < -0.4 is 5.32 Å². The Labute approximate surface area is 220 Å². The number of ether oxygens (including phenoxy) is 2. The van der Waals surface area contributed by atoms with Crippen LogP contribution in [0.15, 0.2) is 73.0 Å². The van der Waals surface area contributed by atoms with E-state index >= 15 is 0 Å². The van der Waals surface area contributed by atoms with Gasteiger partial charge in [0.2, 0.25) is 0 Å². The molecule has 0 bridgehead atoms. The second-order valence-electron chi connectivity index (χ2n) is 9.92. The number of nitrogens with one attached hydrogen (secondary N) is 1. The molecular weight excluding hydrogens is 497 g/mol. The lowest BCUT2D eigenvalue weighted by molar-refractivity contribution is -0.304. The topological polar surface area (TPSA) is 71.0 Å². The highest BCUT2D eigenvalue weighted by Crippen LogP contribution is 2.54. The van der Waals surface area contributed by atoms with E-state index in [1.165, 1.54) is 0 Å². The largest absolute Gasteiger partial charge is 0.573 e. The Morgan fingerprint density at radius 1 is 1.18 bits per heavy atom. The van der Waals surface area contributed by atoms with Gasteiger partial charge in [0, 0.05) is 25.6 Å². The maximum Gasteiger partial charge on any atom is 0.573 e. The van der Waals surface area contributed by atoms with Crippen LogP contribution in [0.5, 0.6) is 5.75 Å². The third-order valence-corrected chi connectivity index (χ3v) is 7.74. The molecule has 1 saturated carbocycles. The van der Waals surface area contributed by atoms with Crippen molar-refractivity contribution in [3.8, 4) is 5.75 Å². The molecular formula is C29H33F3N2O4. The Balaban J connectivity index is 1.72. The molecule has 4 rings (SSSR count). The number of hydrogen-bond acceptors (Lipinski definition) is 5. The van der Waals surface area contributed by atoms with Crippen LogP contribution in [0.1, 0.15) is 43.2 Å². The lowest BCUT2D eigenvalue weighted by Gasteiger charge is -2.60. The van der Waals surface area contributed by atoms with E-state index in [-0.39, 0.29) is 5.75 Å². The average molecular weight is 531 g/mol. The summed E-state index contributed by atoms with van der Waals surface area (Å²) in [5, 5.41) is 13.1. The number of nitrogens with zero attached hydrogens (tertiary/aromatic N) is 1.